The zero-order chi connectivity index (χ0) is 35.8. The fraction of sp³-hybridized carbons (Fsp3) is 0.767. The Morgan fingerprint density at radius 3 is 2.12 bits per heavy atom. The van der Waals surface area contributed by atoms with Gasteiger partial charge in [-0.25, -0.2) is 15.2 Å². The molecule has 272 valence electrons. The summed E-state index contributed by atoms with van der Waals surface area (Å²) in [6.45, 7) is 14.2. The van der Waals surface area contributed by atoms with Crippen LogP contribution in [0.2, 0.25) is 0 Å². The third-order valence-electron chi connectivity index (χ3n) is 7.49. The van der Waals surface area contributed by atoms with Crippen LogP contribution in [0.5, 0.6) is 5.88 Å². The van der Waals surface area contributed by atoms with Gasteiger partial charge < -0.3 is 39.4 Å². The summed E-state index contributed by atoms with van der Waals surface area (Å²) in [4.78, 5) is 38.6. The van der Waals surface area contributed by atoms with Crippen molar-refractivity contribution in [1.29, 1.82) is 0 Å². The molecule has 48 heavy (non-hydrogen) atoms. The third kappa shape index (κ3) is 9.83. The minimum Gasteiger partial charge on any atom is -0.476 e. The van der Waals surface area contributed by atoms with Gasteiger partial charge in [0.15, 0.2) is 17.4 Å². The van der Waals surface area contributed by atoms with Crippen molar-refractivity contribution in [2.45, 2.75) is 111 Å². The van der Waals surface area contributed by atoms with Crippen LogP contribution in [-0.4, -0.2) is 98.0 Å². The second-order valence-electron chi connectivity index (χ2n) is 12.7. The van der Waals surface area contributed by atoms with Gasteiger partial charge in [-0.3, -0.25) is 18.7 Å². The SMILES string of the molecule is CCCOc1nc(N)nc2c1ncn2[C@@H]1O[C@H](COP(=O)(N[C@@H](CC(C)C)C(=O)OCC)N[C@@H](CC(C)C)C(=O)OCC)C(O)C1(C)O. The van der Waals surface area contributed by atoms with Crippen molar-refractivity contribution >= 4 is 36.7 Å². The first-order chi connectivity index (χ1) is 22.6. The van der Waals surface area contributed by atoms with Gasteiger partial charge in [-0.2, -0.15) is 9.97 Å². The molecule has 0 saturated carbocycles. The van der Waals surface area contributed by atoms with Gasteiger partial charge in [0.05, 0.1) is 32.8 Å². The molecule has 18 heteroatoms. The van der Waals surface area contributed by atoms with Crippen LogP contribution in [0.1, 0.15) is 80.9 Å². The monoisotopic (exact) mass is 701 g/mol. The van der Waals surface area contributed by atoms with Crippen LogP contribution >= 0.6 is 7.67 Å². The van der Waals surface area contributed by atoms with E-state index in [1.54, 1.807) is 13.8 Å². The number of rotatable bonds is 19. The van der Waals surface area contributed by atoms with Crippen LogP contribution in [0.3, 0.4) is 0 Å². The van der Waals surface area contributed by atoms with Gasteiger partial charge in [0.2, 0.25) is 11.8 Å². The standard InChI is InChI=1S/C30H52N7O10P/c1-9-12-45-25-22-24(33-29(31)34-25)37(16-32-22)28-30(8,41)23(38)21(47-28)15-46-48(42,35-19(13-17(4)5)26(39)43-10-2)36-20(14-18(6)7)27(40)44-11-3/h16-21,23,28,38,41H,9-15H2,1-8H3,(H2,31,33,34)(H2,35,36,42)/t19-,20-,21+,23?,28+,30?/m0/s1. The van der Waals surface area contributed by atoms with Crippen LogP contribution < -0.4 is 20.6 Å². The second kappa shape index (κ2) is 17.1. The molecule has 17 nitrogen and oxygen atoms in total. The third-order valence-corrected chi connectivity index (χ3v) is 9.30. The van der Waals surface area contributed by atoms with E-state index in [0.29, 0.717) is 13.0 Å². The Kier molecular flexibility index (Phi) is 14.1. The van der Waals surface area contributed by atoms with Gasteiger partial charge in [-0.1, -0.05) is 34.6 Å². The summed E-state index contributed by atoms with van der Waals surface area (Å²) < 4.78 is 44.1. The van der Waals surface area contributed by atoms with E-state index in [4.69, 9.17) is 29.2 Å². The first kappa shape index (κ1) is 39.5. The number of nitrogen functional groups attached to an aromatic ring is 1. The highest BCUT2D eigenvalue weighted by Crippen LogP contribution is 2.45. The van der Waals surface area contributed by atoms with Crippen molar-refractivity contribution in [3.8, 4) is 5.88 Å². The molecular weight excluding hydrogens is 649 g/mol. The van der Waals surface area contributed by atoms with Crippen LogP contribution in [0.4, 0.5) is 5.95 Å². The highest BCUT2D eigenvalue weighted by atomic mass is 31.2. The van der Waals surface area contributed by atoms with Crippen molar-refractivity contribution in [3.63, 3.8) is 0 Å². The Bertz CT molecular complexity index is 1380. The first-order valence-electron chi connectivity index (χ1n) is 16.4. The molecule has 6 N–H and O–H groups in total. The van der Waals surface area contributed by atoms with E-state index in [9.17, 15) is 24.4 Å². The topological polar surface area (TPSA) is 231 Å². The fourth-order valence-corrected chi connectivity index (χ4v) is 7.11. The van der Waals surface area contributed by atoms with Crippen LogP contribution in [0.25, 0.3) is 11.2 Å². The zero-order valence-electron chi connectivity index (χ0n) is 29.0. The van der Waals surface area contributed by atoms with Crippen molar-refractivity contribution in [2.75, 3.05) is 32.2 Å². The quantitative estimate of drug-likeness (QED) is 0.105. The molecule has 6 atom stereocenters. The second-order valence-corrected chi connectivity index (χ2v) is 14.6. The number of aliphatic hydroxyl groups is 2. The summed E-state index contributed by atoms with van der Waals surface area (Å²) in [5.74, 6) is -1.26. The highest BCUT2D eigenvalue weighted by Gasteiger charge is 2.54. The normalized spacial score (nSPS) is 22.7. The lowest BCUT2D eigenvalue weighted by Crippen LogP contribution is -2.47. The lowest BCUT2D eigenvalue weighted by Gasteiger charge is -2.30. The highest BCUT2D eigenvalue weighted by molar-refractivity contribution is 7.54. The van der Waals surface area contributed by atoms with E-state index in [1.165, 1.54) is 17.8 Å². The largest absolute Gasteiger partial charge is 0.476 e. The van der Waals surface area contributed by atoms with Gasteiger partial charge in [0, 0.05) is 0 Å². The summed E-state index contributed by atoms with van der Waals surface area (Å²) in [5.41, 5.74) is 4.48. The molecule has 0 bridgehead atoms. The number of carbonyl (C=O) groups excluding carboxylic acids is 2. The number of ether oxygens (including phenoxy) is 4. The molecule has 0 spiro atoms. The first-order valence-corrected chi connectivity index (χ1v) is 18.0. The van der Waals surface area contributed by atoms with E-state index in [0.717, 1.165) is 0 Å². The van der Waals surface area contributed by atoms with E-state index in [-0.39, 0.29) is 60.9 Å². The molecule has 3 rings (SSSR count). The average Bonchev–Trinajstić information content (AvgIpc) is 3.51. The maximum Gasteiger partial charge on any atom is 0.342 e. The number of aliphatic hydroxyl groups excluding tert-OH is 1. The number of carbonyl (C=O) groups is 2. The molecule has 1 aliphatic heterocycles. The average molecular weight is 702 g/mol. The van der Waals surface area contributed by atoms with Crippen molar-refractivity contribution < 1.29 is 47.8 Å². The van der Waals surface area contributed by atoms with Crippen molar-refractivity contribution in [3.05, 3.63) is 6.33 Å². The molecule has 1 aliphatic rings. The Labute approximate surface area is 281 Å². The minimum absolute atomic E-state index is 0.0107. The number of imidazole rings is 1. The lowest BCUT2D eigenvalue weighted by atomic mass is 9.96. The van der Waals surface area contributed by atoms with E-state index >= 15 is 0 Å². The van der Waals surface area contributed by atoms with Gasteiger partial charge >= 0.3 is 19.6 Å². The summed E-state index contributed by atoms with van der Waals surface area (Å²) in [6, 6.07) is -2.14. The molecular formula is C30H52N7O10P. The van der Waals surface area contributed by atoms with E-state index in [1.807, 2.05) is 34.6 Å². The number of esters is 2. The number of nitrogens with zero attached hydrogens (tertiary/aromatic N) is 4. The summed E-state index contributed by atoms with van der Waals surface area (Å²) in [7, 11) is -4.31. The molecule has 2 unspecified atom stereocenters. The molecule has 2 aromatic heterocycles. The van der Waals surface area contributed by atoms with E-state index < -0.39 is 62.3 Å². The molecule has 1 fully saturated rings. The van der Waals surface area contributed by atoms with Gasteiger partial charge in [0.1, 0.15) is 29.9 Å². The lowest BCUT2D eigenvalue weighted by molar-refractivity contribution is -0.146. The van der Waals surface area contributed by atoms with Crippen molar-refractivity contribution in [2.24, 2.45) is 11.8 Å². The maximum atomic E-state index is 14.6. The number of fused-ring (bicyclic) bond motifs is 1. The number of aromatic nitrogens is 4. The Hall–Kier alpha value is -2.92. The molecule has 3 heterocycles. The maximum absolute atomic E-state index is 14.6. The predicted molar refractivity (Wildman–Crippen MR) is 176 cm³/mol. The number of nitrogens with one attached hydrogen (secondary N) is 2. The molecule has 1 saturated heterocycles. The number of anilines is 1. The van der Waals surface area contributed by atoms with Gasteiger partial charge in [-0.05, 0) is 51.9 Å². The molecule has 0 aromatic carbocycles. The Morgan fingerprint density at radius 2 is 1.62 bits per heavy atom. The number of nitrogens with two attached hydrogens (primary N) is 1. The van der Waals surface area contributed by atoms with Crippen molar-refractivity contribution in [1.82, 2.24) is 29.7 Å². The Morgan fingerprint density at radius 1 is 1.06 bits per heavy atom. The van der Waals surface area contributed by atoms with Crippen LogP contribution in [0.15, 0.2) is 6.33 Å². The Balaban J connectivity index is 1.94. The zero-order valence-corrected chi connectivity index (χ0v) is 29.9. The predicted octanol–water partition coefficient (Wildman–Crippen LogP) is 2.47. The summed E-state index contributed by atoms with van der Waals surface area (Å²) in [5, 5.41) is 28.3. The molecule has 2 aromatic rings. The smallest absolute Gasteiger partial charge is 0.342 e. The molecule has 0 aliphatic carbocycles. The fourth-order valence-electron chi connectivity index (χ4n) is 5.29. The molecule has 0 radical (unpaired) electrons. The number of hydrogen-bond donors (Lipinski definition) is 5. The summed E-state index contributed by atoms with van der Waals surface area (Å²) in [6.07, 6.45) is -1.51. The van der Waals surface area contributed by atoms with E-state index in [2.05, 4.69) is 25.1 Å². The molecule has 0 amide bonds. The number of hydrogen-bond acceptors (Lipinski definition) is 14. The van der Waals surface area contributed by atoms with Crippen LogP contribution in [-0.2, 0) is 32.9 Å². The van der Waals surface area contributed by atoms with Crippen LogP contribution in [0, 0.1) is 11.8 Å². The summed E-state index contributed by atoms with van der Waals surface area (Å²) >= 11 is 0. The van der Waals surface area contributed by atoms with Gasteiger partial charge in [0.25, 0.3) is 0 Å². The van der Waals surface area contributed by atoms with Gasteiger partial charge in [-0.15, -0.1) is 0 Å². The minimum atomic E-state index is -4.31.